The van der Waals surface area contributed by atoms with Crippen molar-refractivity contribution in [2.24, 2.45) is 11.8 Å². The zero-order chi connectivity index (χ0) is 13.4. The lowest BCUT2D eigenvalue weighted by atomic mass is 9.91. The topological polar surface area (TPSA) is 61.0 Å². The normalized spacial score (nSPS) is 27.2. The number of fused-ring (bicyclic) bond motifs is 1. The summed E-state index contributed by atoms with van der Waals surface area (Å²) in [7, 11) is 0. The maximum absolute atomic E-state index is 12.6. The molecule has 2 unspecified atom stereocenters. The number of amides is 1. The van der Waals surface area contributed by atoms with Gasteiger partial charge in [-0.1, -0.05) is 13.8 Å². The van der Waals surface area contributed by atoms with Gasteiger partial charge < -0.3 is 10.2 Å². The van der Waals surface area contributed by atoms with Gasteiger partial charge in [-0.05, 0) is 18.3 Å². The molecule has 2 aliphatic rings. The predicted octanol–water partition coefficient (Wildman–Crippen LogP) is 1.17. The molecule has 0 aliphatic carbocycles. The highest BCUT2D eigenvalue weighted by Crippen LogP contribution is 2.24. The minimum atomic E-state index is 0.0969. The van der Waals surface area contributed by atoms with Crippen molar-refractivity contribution in [3.63, 3.8) is 0 Å². The van der Waals surface area contributed by atoms with Gasteiger partial charge >= 0.3 is 0 Å². The highest BCUT2D eigenvalue weighted by molar-refractivity contribution is 5.94. The number of aromatic amines is 1. The Morgan fingerprint density at radius 2 is 2.05 bits per heavy atom. The van der Waals surface area contributed by atoms with Gasteiger partial charge in [-0.15, -0.1) is 0 Å². The largest absolute Gasteiger partial charge is 0.337 e. The Labute approximate surface area is 113 Å². The lowest BCUT2D eigenvalue weighted by Crippen LogP contribution is -2.43. The summed E-state index contributed by atoms with van der Waals surface area (Å²) in [5, 5.41) is 10.6. The first-order valence-electron chi connectivity index (χ1n) is 7.21. The molecule has 5 nitrogen and oxygen atoms in total. The second kappa shape index (κ2) is 4.96. The van der Waals surface area contributed by atoms with Crippen LogP contribution in [0.2, 0.25) is 0 Å². The molecule has 0 aromatic carbocycles. The summed E-state index contributed by atoms with van der Waals surface area (Å²) >= 11 is 0. The van der Waals surface area contributed by atoms with E-state index in [1.165, 1.54) is 6.42 Å². The highest BCUT2D eigenvalue weighted by Gasteiger charge is 2.30. The molecule has 104 valence electrons. The van der Waals surface area contributed by atoms with Crippen molar-refractivity contribution in [1.82, 2.24) is 20.4 Å². The van der Waals surface area contributed by atoms with Crippen LogP contribution in [0.3, 0.4) is 0 Å². The van der Waals surface area contributed by atoms with Crippen LogP contribution >= 0.6 is 0 Å². The molecule has 0 radical (unpaired) electrons. The van der Waals surface area contributed by atoms with Crippen molar-refractivity contribution in [1.29, 1.82) is 0 Å². The van der Waals surface area contributed by atoms with Crippen LogP contribution in [0.5, 0.6) is 0 Å². The maximum atomic E-state index is 12.6. The summed E-state index contributed by atoms with van der Waals surface area (Å²) < 4.78 is 0. The van der Waals surface area contributed by atoms with Crippen LogP contribution in [0, 0.1) is 11.8 Å². The Morgan fingerprint density at radius 1 is 1.32 bits per heavy atom. The van der Waals surface area contributed by atoms with Crippen LogP contribution < -0.4 is 5.32 Å². The van der Waals surface area contributed by atoms with Gasteiger partial charge in [0.2, 0.25) is 0 Å². The molecule has 0 spiro atoms. The van der Waals surface area contributed by atoms with E-state index in [4.69, 9.17) is 0 Å². The fourth-order valence-corrected chi connectivity index (χ4v) is 3.38. The van der Waals surface area contributed by atoms with Gasteiger partial charge in [0.1, 0.15) is 0 Å². The van der Waals surface area contributed by atoms with E-state index in [1.807, 2.05) is 4.90 Å². The molecule has 1 amide bonds. The van der Waals surface area contributed by atoms with Gasteiger partial charge in [0.15, 0.2) is 5.69 Å². The van der Waals surface area contributed by atoms with Crippen molar-refractivity contribution in [2.75, 3.05) is 19.6 Å². The van der Waals surface area contributed by atoms with E-state index in [0.29, 0.717) is 17.5 Å². The summed E-state index contributed by atoms with van der Waals surface area (Å²) in [5.41, 5.74) is 2.82. The lowest BCUT2D eigenvalue weighted by molar-refractivity contribution is 0.0616. The number of rotatable bonds is 1. The number of aromatic nitrogens is 2. The van der Waals surface area contributed by atoms with E-state index in [1.54, 1.807) is 0 Å². The number of hydrogen-bond donors (Lipinski definition) is 2. The van der Waals surface area contributed by atoms with Crippen molar-refractivity contribution >= 4 is 5.91 Å². The van der Waals surface area contributed by atoms with Crippen LogP contribution in [0.25, 0.3) is 0 Å². The zero-order valence-electron chi connectivity index (χ0n) is 11.7. The molecule has 5 heteroatoms. The Bertz CT molecular complexity index is 472. The van der Waals surface area contributed by atoms with Crippen LogP contribution in [0.1, 0.15) is 42.0 Å². The summed E-state index contributed by atoms with van der Waals surface area (Å²) in [6.45, 7) is 7.87. The first kappa shape index (κ1) is 12.7. The number of nitrogens with zero attached hydrogens (tertiary/aromatic N) is 2. The van der Waals surface area contributed by atoms with Crippen LogP contribution in [-0.2, 0) is 13.0 Å². The van der Waals surface area contributed by atoms with Crippen LogP contribution in [0.15, 0.2) is 0 Å². The maximum Gasteiger partial charge on any atom is 0.274 e. The highest BCUT2D eigenvalue weighted by atomic mass is 16.2. The Kier molecular flexibility index (Phi) is 3.31. The van der Waals surface area contributed by atoms with Crippen molar-refractivity contribution in [3.8, 4) is 0 Å². The van der Waals surface area contributed by atoms with E-state index < -0.39 is 0 Å². The fraction of sp³-hybridized carbons (Fsp3) is 0.714. The average Bonchev–Trinajstić information content (AvgIpc) is 2.80. The molecule has 2 atom stereocenters. The monoisotopic (exact) mass is 262 g/mol. The zero-order valence-corrected chi connectivity index (χ0v) is 11.7. The molecule has 1 saturated heterocycles. The number of nitrogens with one attached hydrogen (secondary N) is 2. The number of carbonyl (C=O) groups is 1. The van der Waals surface area contributed by atoms with E-state index >= 15 is 0 Å². The first-order valence-corrected chi connectivity index (χ1v) is 7.21. The number of hydrogen-bond acceptors (Lipinski definition) is 3. The predicted molar refractivity (Wildman–Crippen MR) is 72.8 cm³/mol. The fourth-order valence-electron chi connectivity index (χ4n) is 3.38. The second-order valence-electron chi connectivity index (χ2n) is 6.11. The molecular formula is C14H22N4O. The number of H-pyrrole nitrogens is 1. The number of piperidine rings is 1. The molecule has 2 aliphatic heterocycles. The van der Waals surface area contributed by atoms with Crippen LogP contribution in [-0.4, -0.2) is 40.6 Å². The Hall–Kier alpha value is -1.36. The molecule has 3 rings (SSSR count). The summed E-state index contributed by atoms with van der Waals surface area (Å²) in [6, 6.07) is 0. The third kappa shape index (κ3) is 2.39. The third-order valence-corrected chi connectivity index (χ3v) is 4.16. The van der Waals surface area contributed by atoms with E-state index in [-0.39, 0.29) is 5.91 Å². The number of carbonyl (C=O) groups excluding carboxylic acids is 1. The minimum Gasteiger partial charge on any atom is -0.337 e. The first-order chi connectivity index (χ1) is 9.15. The summed E-state index contributed by atoms with van der Waals surface area (Å²) in [4.78, 5) is 14.6. The van der Waals surface area contributed by atoms with Crippen molar-refractivity contribution < 1.29 is 4.79 Å². The van der Waals surface area contributed by atoms with Crippen LogP contribution in [0.4, 0.5) is 0 Å². The molecule has 2 N–H and O–H groups in total. The van der Waals surface area contributed by atoms with Crippen molar-refractivity contribution in [3.05, 3.63) is 17.0 Å². The van der Waals surface area contributed by atoms with Gasteiger partial charge in [-0.3, -0.25) is 9.89 Å². The lowest BCUT2D eigenvalue weighted by Gasteiger charge is -2.34. The standard InChI is InChI=1S/C14H22N4O/c1-9-5-10(2)8-18(7-9)14(19)13-11-6-15-4-3-12(11)16-17-13/h9-10,15H,3-8H2,1-2H3,(H,16,17). The van der Waals surface area contributed by atoms with Gasteiger partial charge in [0, 0.05) is 43.9 Å². The van der Waals surface area contributed by atoms with Gasteiger partial charge in [0.05, 0.1) is 0 Å². The molecule has 0 saturated carbocycles. The molecule has 3 heterocycles. The summed E-state index contributed by atoms with van der Waals surface area (Å²) in [6.07, 6.45) is 2.15. The third-order valence-electron chi connectivity index (χ3n) is 4.16. The molecule has 1 aromatic rings. The molecule has 0 bridgehead atoms. The van der Waals surface area contributed by atoms with Gasteiger partial charge in [0.25, 0.3) is 5.91 Å². The quantitative estimate of drug-likeness (QED) is 0.799. The number of likely N-dealkylation sites (tertiary alicyclic amines) is 1. The van der Waals surface area contributed by atoms with Crippen molar-refractivity contribution in [2.45, 2.75) is 33.2 Å². The molecular weight excluding hydrogens is 240 g/mol. The Morgan fingerprint density at radius 3 is 2.79 bits per heavy atom. The molecule has 1 fully saturated rings. The Balaban J connectivity index is 1.82. The minimum absolute atomic E-state index is 0.0969. The molecule has 19 heavy (non-hydrogen) atoms. The molecule has 1 aromatic heterocycles. The van der Waals surface area contributed by atoms with Gasteiger partial charge in [-0.25, -0.2) is 0 Å². The smallest absolute Gasteiger partial charge is 0.274 e. The van der Waals surface area contributed by atoms with Gasteiger partial charge in [-0.2, -0.15) is 5.10 Å². The second-order valence-corrected chi connectivity index (χ2v) is 6.11. The van der Waals surface area contributed by atoms with E-state index in [9.17, 15) is 4.79 Å². The van der Waals surface area contributed by atoms with E-state index in [2.05, 4.69) is 29.4 Å². The SMILES string of the molecule is CC1CC(C)CN(C(=O)c2n[nH]c3c2CNCC3)C1. The summed E-state index contributed by atoms with van der Waals surface area (Å²) in [5.74, 6) is 1.26. The average molecular weight is 262 g/mol. The van der Waals surface area contributed by atoms with E-state index in [0.717, 1.165) is 43.9 Å².